The maximum Gasteiger partial charge on any atom is 0.214 e. The minimum Gasteiger partial charge on any atom is -0.212 e. The van der Waals surface area contributed by atoms with Crippen LogP contribution < -0.4 is 9.44 Å². The van der Waals surface area contributed by atoms with Gasteiger partial charge in [0, 0.05) is 12.1 Å². The van der Waals surface area contributed by atoms with Gasteiger partial charge in [-0.2, -0.15) is 0 Å². The Bertz CT molecular complexity index is 456. The Labute approximate surface area is 122 Å². The van der Waals surface area contributed by atoms with E-state index in [4.69, 9.17) is 0 Å². The van der Waals surface area contributed by atoms with E-state index >= 15 is 0 Å². The average Bonchev–Trinajstić information content (AvgIpc) is 3.09. The summed E-state index contributed by atoms with van der Waals surface area (Å²) in [5.74, 6) is 0. The van der Waals surface area contributed by atoms with Crippen molar-refractivity contribution in [3.05, 3.63) is 0 Å². The Morgan fingerprint density at radius 3 is 1.10 bits per heavy atom. The van der Waals surface area contributed by atoms with Gasteiger partial charge in [0.05, 0.1) is 10.5 Å². The second-order valence-electron chi connectivity index (χ2n) is 6.03. The SMILES string of the molecule is CC(C)NS(=O)(=O)C1CC1.CC(C)NS(=O)(=O)C1CC1. The van der Waals surface area contributed by atoms with Crippen LogP contribution in [0.3, 0.4) is 0 Å². The molecule has 2 rings (SSSR count). The van der Waals surface area contributed by atoms with Crippen molar-refractivity contribution in [2.75, 3.05) is 0 Å². The largest absolute Gasteiger partial charge is 0.214 e. The lowest BCUT2D eigenvalue weighted by Gasteiger charge is -2.07. The third-order valence-electron chi connectivity index (χ3n) is 2.73. The molecule has 120 valence electrons. The summed E-state index contributed by atoms with van der Waals surface area (Å²) in [4.78, 5) is 0. The summed E-state index contributed by atoms with van der Waals surface area (Å²) in [5, 5.41) is -0.176. The molecule has 8 heteroatoms. The molecule has 0 aromatic heterocycles. The van der Waals surface area contributed by atoms with E-state index in [0.29, 0.717) is 0 Å². The first-order valence-electron chi connectivity index (χ1n) is 7.07. The molecule has 0 saturated heterocycles. The number of hydrogen-bond donors (Lipinski definition) is 2. The predicted molar refractivity (Wildman–Crippen MR) is 80.4 cm³/mol. The third kappa shape index (κ3) is 6.51. The van der Waals surface area contributed by atoms with Crippen molar-refractivity contribution in [3.8, 4) is 0 Å². The average molecular weight is 326 g/mol. The summed E-state index contributed by atoms with van der Waals surface area (Å²) in [6.45, 7) is 7.33. The van der Waals surface area contributed by atoms with Gasteiger partial charge in [0.25, 0.3) is 0 Å². The van der Waals surface area contributed by atoms with Gasteiger partial charge in [-0.15, -0.1) is 0 Å². The molecule has 0 aromatic carbocycles. The third-order valence-corrected chi connectivity index (χ3v) is 7.02. The summed E-state index contributed by atoms with van der Waals surface area (Å²) in [5.41, 5.74) is 0. The molecule has 0 aliphatic heterocycles. The maximum atomic E-state index is 11.1. The summed E-state index contributed by atoms with van der Waals surface area (Å²) >= 11 is 0. The maximum absolute atomic E-state index is 11.1. The first-order chi connectivity index (χ1) is 9.04. The zero-order valence-electron chi connectivity index (χ0n) is 12.6. The topological polar surface area (TPSA) is 92.3 Å². The van der Waals surface area contributed by atoms with Gasteiger partial charge >= 0.3 is 0 Å². The first kappa shape index (κ1) is 17.9. The van der Waals surface area contributed by atoms with Crippen molar-refractivity contribution in [2.24, 2.45) is 0 Å². The molecule has 0 radical (unpaired) electrons. The number of rotatable bonds is 6. The fourth-order valence-corrected chi connectivity index (χ4v) is 4.82. The Balaban J connectivity index is 0.000000200. The van der Waals surface area contributed by atoms with Crippen LogP contribution in [-0.2, 0) is 20.0 Å². The molecule has 2 N–H and O–H groups in total. The van der Waals surface area contributed by atoms with Crippen molar-refractivity contribution >= 4 is 20.0 Å². The second kappa shape index (κ2) is 6.72. The zero-order chi connectivity index (χ0) is 15.6. The molecule has 0 amide bonds. The molecule has 2 aliphatic rings. The van der Waals surface area contributed by atoms with Gasteiger partial charge < -0.3 is 0 Å². The second-order valence-corrected chi connectivity index (χ2v) is 10.0. The van der Waals surface area contributed by atoms with Crippen LogP contribution in [0.15, 0.2) is 0 Å². The number of sulfonamides is 2. The monoisotopic (exact) mass is 326 g/mol. The molecule has 0 heterocycles. The molecular formula is C12H26N2O4S2. The van der Waals surface area contributed by atoms with Gasteiger partial charge in [-0.1, -0.05) is 0 Å². The van der Waals surface area contributed by atoms with Crippen LogP contribution in [0.5, 0.6) is 0 Å². The van der Waals surface area contributed by atoms with E-state index in [9.17, 15) is 16.8 Å². The number of nitrogens with one attached hydrogen (secondary N) is 2. The minimum absolute atomic E-state index is 0.0330. The van der Waals surface area contributed by atoms with Crippen LogP contribution in [0.1, 0.15) is 53.4 Å². The van der Waals surface area contributed by atoms with E-state index in [1.54, 1.807) is 0 Å². The van der Waals surface area contributed by atoms with Crippen molar-refractivity contribution in [1.29, 1.82) is 0 Å². The normalized spacial score (nSPS) is 19.9. The summed E-state index contributed by atoms with van der Waals surface area (Å²) in [6.07, 6.45) is 3.34. The molecular weight excluding hydrogens is 300 g/mol. The standard InChI is InChI=1S/2C6H13NO2S/c2*1-5(2)7-10(8,9)6-3-4-6/h2*5-7H,3-4H2,1-2H3. The Hall–Kier alpha value is -0.180. The van der Waals surface area contributed by atoms with Gasteiger partial charge in [-0.3, -0.25) is 0 Å². The highest BCUT2D eigenvalue weighted by Crippen LogP contribution is 2.28. The Morgan fingerprint density at radius 1 is 0.700 bits per heavy atom. The van der Waals surface area contributed by atoms with Crippen LogP contribution in [0, 0.1) is 0 Å². The van der Waals surface area contributed by atoms with Crippen LogP contribution in [0.25, 0.3) is 0 Å². The highest BCUT2D eigenvalue weighted by Gasteiger charge is 2.36. The molecule has 6 nitrogen and oxygen atoms in total. The summed E-state index contributed by atoms with van der Waals surface area (Å²) in [6, 6.07) is 0.0659. The zero-order valence-corrected chi connectivity index (χ0v) is 14.2. The molecule has 0 aromatic rings. The lowest BCUT2D eigenvalue weighted by atomic mass is 10.4. The van der Waals surface area contributed by atoms with E-state index in [1.807, 2.05) is 27.7 Å². The predicted octanol–water partition coefficient (Wildman–Crippen LogP) is 0.953. The Morgan fingerprint density at radius 2 is 0.950 bits per heavy atom. The van der Waals surface area contributed by atoms with Crippen molar-refractivity contribution in [1.82, 2.24) is 9.44 Å². The van der Waals surface area contributed by atoms with Crippen LogP contribution in [0.2, 0.25) is 0 Å². The quantitative estimate of drug-likeness (QED) is 0.760. The number of hydrogen-bond acceptors (Lipinski definition) is 4. The van der Waals surface area contributed by atoms with E-state index in [1.165, 1.54) is 0 Å². The molecule has 2 saturated carbocycles. The summed E-state index contributed by atoms with van der Waals surface area (Å²) in [7, 11) is -5.87. The van der Waals surface area contributed by atoms with Gasteiger partial charge in [0.2, 0.25) is 20.0 Å². The van der Waals surface area contributed by atoms with E-state index in [0.717, 1.165) is 25.7 Å². The van der Waals surface area contributed by atoms with E-state index < -0.39 is 20.0 Å². The van der Waals surface area contributed by atoms with Crippen LogP contribution in [0.4, 0.5) is 0 Å². The van der Waals surface area contributed by atoms with Crippen molar-refractivity contribution in [3.63, 3.8) is 0 Å². The summed E-state index contributed by atoms with van der Waals surface area (Å²) < 4.78 is 49.5. The Kier molecular flexibility index (Phi) is 6.01. The van der Waals surface area contributed by atoms with Crippen LogP contribution >= 0.6 is 0 Å². The first-order valence-corrected chi connectivity index (χ1v) is 10.2. The highest BCUT2D eigenvalue weighted by molar-refractivity contribution is 7.90. The molecule has 2 aliphatic carbocycles. The minimum atomic E-state index is -2.94. The molecule has 0 atom stereocenters. The van der Waals surface area contributed by atoms with Gasteiger partial charge in [0.1, 0.15) is 0 Å². The molecule has 2 fully saturated rings. The molecule has 0 unspecified atom stereocenters. The van der Waals surface area contributed by atoms with Crippen molar-refractivity contribution < 1.29 is 16.8 Å². The van der Waals surface area contributed by atoms with Gasteiger partial charge in [-0.25, -0.2) is 26.3 Å². The fraction of sp³-hybridized carbons (Fsp3) is 1.00. The van der Waals surface area contributed by atoms with E-state index in [-0.39, 0.29) is 22.6 Å². The van der Waals surface area contributed by atoms with Gasteiger partial charge in [0.15, 0.2) is 0 Å². The lowest BCUT2D eigenvalue weighted by Crippen LogP contribution is -2.32. The van der Waals surface area contributed by atoms with Crippen LogP contribution in [-0.4, -0.2) is 39.4 Å². The smallest absolute Gasteiger partial charge is 0.212 e. The lowest BCUT2D eigenvalue weighted by molar-refractivity contribution is 0.566. The van der Waals surface area contributed by atoms with E-state index in [2.05, 4.69) is 9.44 Å². The highest BCUT2D eigenvalue weighted by atomic mass is 32.2. The molecule has 20 heavy (non-hydrogen) atoms. The molecule has 0 bridgehead atoms. The molecule has 0 spiro atoms. The van der Waals surface area contributed by atoms with Gasteiger partial charge in [-0.05, 0) is 53.4 Å². The fourth-order valence-electron chi connectivity index (χ4n) is 1.61. The van der Waals surface area contributed by atoms with Crippen molar-refractivity contribution in [2.45, 2.75) is 76.0 Å².